The molecule has 1 saturated heterocycles. The van der Waals surface area contributed by atoms with Crippen LogP contribution in [0.5, 0.6) is 0 Å². The highest BCUT2D eigenvalue weighted by Gasteiger charge is 2.22. The van der Waals surface area contributed by atoms with E-state index in [1.54, 1.807) is 12.4 Å². The highest BCUT2D eigenvalue weighted by atomic mass is 16.1. The summed E-state index contributed by atoms with van der Waals surface area (Å²) in [5.74, 6) is 1.82. The van der Waals surface area contributed by atoms with Gasteiger partial charge in [0.2, 0.25) is 5.91 Å². The first-order valence-corrected chi connectivity index (χ1v) is 8.19. The summed E-state index contributed by atoms with van der Waals surface area (Å²) in [5.41, 5.74) is 0.595. The lowest BCUT2D eigenvalue weighted by Gasteiger charge is -2.28. The van der Waals surface area contributed by atoms with Crippen LogP contribution in [-0.2, 0) is 10.2 Å². The molecule has 2 atom stereocenters. The molecule has 0 bridgehead atoms. The summed E-state index contributed by atoms with van der Waals surface area (Å²) in [5, 5.41) is 6.31. The van der Waals surface area contributed by atoms with E-state index >= 15 is 0 Å². The third kappa shape index (κ3) is 4.77. The molecule has 2 unspecified atom stereocenters. The van der Waals surface area contributed by atoms with Gasteiger partial charge in [-0.05, 0) is 37.8 Å². The second-order valence-corrected chi connectivity index (χ2v) is 7.38. The minimum atomic E-state index is -0.0783. The molecule has 0 spiro atoms. The fourth-order valence-corrected chi connectivity index (χ4v) is 2.82. The van der Waals surface area contributed by atoms with Gasteiger partial charge in [-0.3, -0.25) is 4.79 Å². The predicted molar refractivity (Wildman–Crippen MR) is 88.7 cm³/mol. The van der Waals surface area contributed by atoms with Crippen LogP contribution < -0.4 is 10.6 Å². The normalized spacial score (nSPS) is 20.5. The van der Waals surface area contributed by atoms with Gasteiger partial charge in [-0.25, -0.2) is 9.97 Å². The molecule has 1 aromatic rings. The van der Waals surface area contributed by atoms with E-state index in [0.29, 0.717) is 23.9 Å². The quantitative estimate of drug-likeness (QED) is 0.897. The van der Waals surface area contributed by atoms with Gasteiger partial charge >= 0.3 is 0 Å². The molecule has 5 nitrogen and oxygen atoms in total. The summed E-state index contributed by atoms with van der Waals surface area (Å²) in [6, 6.07) is 0. The van der Waals surface area contributed by atoms with Crippen molar-refractivity contribution in [2.24, 2.45) is 11.8 Å². The van der Waals surface area contributed by atoms with Gasteiger partial charge in [-0.15, -0.1) is 0 Å². The van der Waals surface area contributed by atoms with Crippen LogP contribution in [0.25, 0.3) is 0 Å². The summed E-state index contributed by atoms with van der Waals surface area (Å²) in [6.45, 7) is 10.5. The Kier molecular flexibility index (Phi) is 5.51. The maximum atomic E-state index is 12.2. The monoisotopic (exact) mass is 304 g/mol. The van der Waals surface area contributed by atoms with Crippen LogP contribution in [0.15, 0.2) is 12.4 Å². The minimum absolute atomic E-state index is 0.0465. The number of rotatable bonds is 4. The number of piperidine rings is 1. The Morgan fingerprint density at radius 3 is 2.64 bits per heavy atom. The summed E-state index contributed by atoms with van der Waals surface area (Å²) >= 11 is 0. The number of aromatic nitrogens is 2. The molecule has 1 fully saturated rings. The van der Waals surface area contributed by atoms with Crippen LogP contribution in [-0.4, -0.2) is 29.0 Å². The minimum Gasteiger partial charge on any atom is -0.323 e. The van der Waals surface area contributed by atoms with E-state index in [9.17, 15) is 4.79 Å². The number of hydrogen-bond acceptors (Lipinski definition) is 4. The van der Waals surface area contributed by atoms with Gasteiger partial charge in [0.25, 0.3) is 0 Å². The molecular weight excluding hydrogens is 276 g/mol. The number of carbonyl (C=O) groups is 1. The highest BCUT2D eigenvalue weighted by Crippen LogP contribution is 2.23. The molecular formula is C17H28N4O. The predicted octanol–water partition coefficient (Wildman–Crippen LogP) is 2.74. The number of carbonyl (C=O) groups excluding carboxylic acids is 1. The van der Waals surface area contributed by atoms with Gasteiger partial charge < -0.3 is 10.6 Å². The first-order valence-electron chi connectivity index (χ1n) is 8.19. The van der Waals surface area contributed by atoms with Crippen LogP contribution in [0.2, 0.25) is 0 Å². The SMILES string of the molecule is CC(CC(=O)Nc1cnc(C(C)(C)C)nc1)C1CCCNC1. The zero-order valence-corrected chi connectivity index (χ0v) is 14.1. The van der Waals surface area contributed by atoms with Crippen LogP contribution in [0, 0.1) is 11.8 Å². The summed E-state index contributed by atoms with van der Waals surface area (Å²) in [7, 11) is 0. The number of anilines is 1. The Bertz CT molecular complexity index is 486. The third-order valence-corrected chi connectivity index (χ3v) is 4.25. The zero-order chi connectivity index (χ0) is 16.2. The summed E-state index contributed by atoms with van der Waals surface area (Å²) < 4.78 is 0. The Hall–Kier alpha value is -1.49. The van der Waals surface area contributed by atoms with E-state index in [1.807, 2.05) is 0 Å². The van der Waals surface area contributed by atoms with E-state index < -0.39 is 0 Å². The number of hydrogen-bond donors (Lipinski definition) is 2. The molecule has 5 heteroatoms. The lowest BCUT2D eigenvalue weighted by Crippen LogP contribution is -2.34. The van der Waals surface area contributed by atoms with E-state index in [1.165, 1.54) is 12.8 Å². The van der Waals surface area contributed by atoms with Crippen LogP contribution in [0.3, 0.4) is 0 Å². The van der Waals surface area contributed by atoms with Crippen molar-refractivity contribution in [1.82, 2.24) is 15.3 Å². The smallest absolute Gasteiger partial charge is 0.224 e. The van der Waals surface area contributed by atoms with Gasteiger partial charge in [0, 0.05) is 11.8 Å². The number of amides is 1. The van der Waals surface area contributed by atoms with Gasteiger partial charge in [-0.2, -0.15) is 0 Å². The molecule has 1 aliphatic rings. The maximum Gasteiger partial charge on any atom is 0.224 e. The molecule has 0 aromatic carbocycles. The van der Waals surface area contributed by atoms with E-state index in [0.717, 1.165) is 18.9 Å². The molecule has 122 valence electrons. The molecule has 1 aliphatic heterocycles. The first kappa shape index (κ1) is 16.9. The van der Waals surface area contributed by atoms with Crippen LogP contribution >= 0.6 is 0 Å². The molecule has 0 saturated carbocycles. The molecule has 22 heavy (non-hydrogen) atoms. The largest absolute Gasteiger partial charge is 0.323 e. The standard InChI is InChI=1S/C17H28N4O/c1-12(13-6-5-7-18-9-13)8-15(22)21-14-10-19-16(20-11-14)17(2,3)4/h10-13,18H,5-9H2,1-4H3,(H,21,22). The van der Waals surface area contributed by atoms with Crippen molar-refractivity contribution >= 4 is 11.6 Å². The van der Waals surface area contributed by atoms with Crippen molar-refractivity contribution in [3.63, 3.8) is 0 Å². The van der Waals surface area contributed by atoms with Gasteiger partial charge in [-0.1, -0.05) is 27.7 Å². The number of nitrogens with one attached hydrogen (secondary N) is 2. The Balaban J connectivity index is 1.86. The Labute approximate surface area is 133 Å². The fourth-order valence-electron chi connectivity index (χ4n) is 2.82. The molecule has 1 amide bonds. The first-order chi connectivity index (χ1) is 10.4. The summed E-state index contributed by atoms with van der Waals surface area (Å²) in [6.07, 6.45) is 6.35. The van der Waals surface area contributed by atoms with Gasteiger partial charge in [0.15, 0.2) is 0 Å². The van der Waals surface area contributed by atoms with Crippen LogP contribution in [0.4, 0.5) is 5.69 Å². The molecule has 2 heterocycles. The zero-order valence-electron chi connectivity index (χ0n) is 14.1. The van der Waals surface area contributed by atoms with Gasteiger partial charge in [0.1, 0.15) is 5.82 Å². The van der Waals surface area contributed by atoms with Crippen LogP contribution in [0.1, 0.15) is 52.8 Å². The number of nitrogens with zero attached hydrogens (tertiary/aromatic N) is 2. The van der Waals surface area contributed by atoms with E-state index in [-0.39, 0.29) is 11.3 Å². The van der Waals surface area contributed by atoms with Crippen molar-refractivity contribution in [1.29, 1.82) is 0 Å². The topological polar surface area (TPSA) is 66.9 Å². The average Bonchev–Trinajstić information content (AvgIpc) is 2.47. The van der Waals surface area contributed by atoms with E-state index in [2.05, 4.69) is 48.3 Å². The van der Waals surface area contributed by atoms with Crippen molar-refractivity contribution in [3.05, 3.63) is 18.2 Å². The lowest BCUT2D eigenvalue weighted by molar-refractivity contribution is -0.117. The molecule has 0 radical (unpaired) electrons. The van der Waals surface area contributed by atoms with Crippen molar-refractivity contribution in [3.8, 4) is 0 Å². The average molecular weight is 304 g/mol. The Morgan fingerprint density at radius 1 is 1.41 bits per heavy atom. The van der Waals surface area contributed by atoms with Crippen molar-refractivity contribution in [2.75, 3.05) is 18.4 Å². The van der Waals surface area contributed by atoms with Gasteiger partial charge in [0.05, 0.1) is 18.1 Å². The molecule has 2 N–H and O–H groups in total. The lowest BCUT2D eigenvalue weighted by atomic mass is 9.85. The van der Waals surface area contributed by atoms with Crippen molar-refractivity contribution < 1.29 is 4.79 Å². The van der Waals surface area contributed by atoms with E-state index in [4.69, 9.17) is 0 Å². The molecule has 2 rings (SSSR count). The second kappa shape index (κ2) is 7.18. The maximum absolute atomic E-state index is 12.2. The third-order valence-electron chi connectivity index (χ3n) is 4.25. The second-order valence-electron chi connectivity index (χ2n) is 7.38. The summed E-state index contributed by atoms with van der Waals surface area (Å²) in [4.78, 5) is 20.8. The fraction of sp³-hybridized carbons (Fsp3) is 0.706. The highest BCUT2D eigenvalue weighted by molar-refractivity contribution is 5.90. The molecule has 1 aromatic heterocycles. The Morgan fingerprint density at radius 2 is 2.09 bits per heavy atom. The molecule has 0 aliphatic carbocycles. The van der Waals surface area contributed by atoms with Crippen molar-refractivity contribution in [2.45, 2.75) is 52.4 Å².